The predicted octanol–water partition coefficient (Wildman–Crippen LogP) is 4.35. The maximum atomic E-state index is 12.4. The van der Waals surface area contributed by atoms with E-state index in [1.165, 1.54) is 11.3 Å². The van der Waals surface area contributed by atoms with Gasteiger partial charge < -0.3 is 20.5 Å². The summed E-state index contributed by atoms with van der Waals surface area (Å²) in [4.78, 5) is 36.3. The minimum Gasteiger partial charge on any atom is -0.490 e. The van der Waals surface area contributed by atoms with Gasteiger partial charge in [-0.15, -0.1) is 11.3 Å². The van der Waals surface area contributed by atoms with Gasteiger partial charge in [-0.1, -0.05) is 29.8 Å². The smallest absolute Gasteiger partial charge is 0.306 e. The van der Waals surface area contributed by atoms with Crippen LogP contribution in [-0.4, -0.2) is 42.1 Å². The fraction of sp³-hybridized carbons (Fsp3) is 0.292. The third kappa shape index (κ3) is 5.46. The van der Waals surface area contributed by atoms with Crippen LogP contribution in [0.1, 0.15) is 39.3 Å². The Morgan fingerprint density at radius 1 is 1.00 bits per heavy atom. The Hall–Kier alpha value is -3.10. The molecule has 0 saturated heterocycles. The van der Waals surface area contributed by atoms with Gasteiger partial charge >= 0.3 is 5.97 Å². The number of hydrogen-bond donors (Lipinski definition) is 3. The molecule has 172 valence electrons. The Kier molecular flexibility index (Phi) is 7.15. The summed E-state index contributed by atoms with van der Waals surface area (Å²) in [6, 6.07) is 14.3. The van der Waals surface area contributed by atoms with Crippen LogP contribution in [0.2, 0.25) is 5.02 Å². The van der Waals surface area contributed by atoms with Crippen LogP contribution in [0.15, 0.2) is 48.5 Å². The Morgan fingerprint density at radius 3 is 2.36 bits per heavy atom. The molecule has 2 amide bonds. The molecule has 9 heteroatoms. The van der Waals surface area contributed by atoms with E-state index in [4.69, 9.17) is 21.4 Å². The van der Waals surface area contributed by atoms with Crippen molar-refractivity contribution in [3.63, 3.8) is 0 Å². The van der Waals surface area contributed by atoms with Gasteiger partial charge in [0.25, 0.3) is 11.8 Å². The molecule has 1 aliphatic rings. The molecule has 3 N–H and O–H groups in total. The Balaban J connectivity index is 1.22. The van der Waals surface area contributed by atoms with Gasteiger partial charge in [-0.2, -0.15) is 0 Å². The Morgan fingerprint density at radius 2 is 1.70 bits per heavy atom. The first-order valence-electron chi connectivity index (χ1n) is 10.7. The number of benzene rings is 2. The second-order valence-corrected chi connectivity index (χ2v) is 9.30. The summed E-state index contributed by atoms with van der Waals surface area (Å²) in [5.74, 6) is -1.06. The van der Waals surface area contributed by atoms with Crippen molar-refractivity contribution in [3.8, 4) is 5.75 Å². The van der Waals surface area contributed by atoms with Crippen molar-refractivity contribution in [1.82, 2.24) is 10.6 Å². The van der Waals surface area contributed by atoms with E-state index in [9.17, 15) is 14.4 Å². The Labute approximate surface area is 199 Å². The number of nitrogens with one attached hydrogen (secondary N) is 2. The summed E-state index contributed by atoms with van der Waals surface area (Å²) >= 11 is 7.66. The largest absolute Gasteiger partial charge is 0.490 e. The molecular formula is C24H23ClN2O5S. The van der Waals surface area contributed by atoms with Crippen molar-refractivity contribution in [1.29, 1.82) is 0 Å². The van der Waals surface area contributed by atoms with Gasteiger partial charge in [0.1, 0.15) is 10.6 Å². The minimum absolute atomic E-state index is 0.121. The fourth-order valence-electron chi connectivity index (χ4n) is 3.84. The summed E-state index contributed by atoms with van der Waals surface area (Å²) in [5.41, 5.74) is 0.469. The first-order valence-corrected chi connectivity index (χ1v) is 11.8. The molecule has 1 aromatic heterocycles. The molecule has 33 heavy (non-hydrogen) atoms. The summed E-state index contributed by atoms with van der Waals surface area (Å²) in [5, 5.41) is 15.9. The molecule has 2 atom stereocenters. The van der Waals surface area contributed by atoms with Crippen LogP contribution in [-0.2, 0) is 4.79 Å². The first-order chi connectivity index (χ1) is 15.9. The molecule has 0 spiro atoms. The molecule has 7 nitrogen and oxygen atoms in total. The number of rotatable bonds is 8. The van der Waals surface area contributed by atoms with Gasteiger partial charge in [0.05, 0.1) is 17.0 Å². The zero-order valence-electron chi connectivity index (χ0n) is 17.7. The van der Waals surface area contributed by atoms with E-state index in [1.807, 2.05) is 24.3 Å². The number of halogens is 1. The van der Waals surface area contributed by atoms with E-state index in [1.54, 1.807) is 24.3 Å². The highest BCUT2D eigenvalue weighted by Gasteiger charge is 2.31. The molecule has 2 aromatic carbocycles. The van der Waals surface area contributed by atoms with Crippen LogP contribution < -0.4 is 15.4 Å². The third-order valence-electron chi connectivity index (χ3n) is 5.59. The molecule has 0 aliphatic heterocycles. The lowest BCUT2D eigenvalue weighted by atomic mass is 10.1. The van der Waals surface area contributed by atoms with Gasteiger partial charge in [-0.3, -0.25) is 14.4 Å². The van der Waals surface area contributed by atoms with Gasteiger partial charge in [0.15, 0.2) is 0 Å². The first kappa shape index (κ1) is 23.1. The molecule has 0 radical (unpaired) electrons. The zero-order valence-corrected chi connectivity index (χ0v) is 19.2. The predicted molar refractivity (Wildman–Crippen MR) is 127 cm³/mol. The second kappa shape index (κ2) is 10.2. The lowest BCUT2D eigenvalue weighted by Crippen LogP contribution is -2.34. The summed E-state index contributed by atoms with van der Waals surface area (Å²) in [7, 11) is 0. The van der Waals surface area contributed by atoms with Crippen molar-refractivity contribution in [2.45, 2.75) is 25.4 Å². The second-order valence-electron chi connectivity index (χ2n) is 7.87. The molecule has 0 unspecified atom stereocenters. The molecular weight excluding hydrogens is 464 g/mol. The minimum atomic E-state index is -0.781. The standard InChI is InChI=1S/C24H23ClN2O5S/c25-20-18-3-1-2-4-19(18)33-21(20)23(29)27-12-11-26-22(28)14-5-8-16(9-6-14)32-17-10-7-15(13-17)24(30)31/h1-6,8-9,15,17H,7,10-13H2,(H,26,28)(H,27,29)(H,30,31)/t15-,17-/m1/s1. The number of carboxylic acids is 1. The highest BCUT2D eigenvalue weighted by molar-refractivity contribution is 7.21. The fourth-order valence-corrected chi connectivity index (χ4v) is 5.28. The van der Waals surface area contributed by atoms with Crippen molar-refractivity contribution in [2.24, 2.45) is 5.92 Å². The van der Waals surface area contributed by atoms with Crippen LogP contribution in [0.5, 0.6) is 5.75 Å². The highest BCUT2D eigenvalue weighted by Crippen LogP contribution is 2.35. The number of thiophene rings is 1. The maximum Gasteiger partial charge on any atom is 0.306 e. The number of aliphatic carboxylic acids is 1. The number of fused-ring (bicyclic) bond motifs is 1. The number of carbonyl (C=O) groups excluding carboxylic acids is 2. The number of carboxylic acid groups (broad SMARTS) is 1. The van der Waals surface area contributed by atoms with E-state index >= 15 is 0 Å². The van der Waals surface area contributed by atoms with Gasteiger partial charge in [0, 0.05) is 28.7 Å². The maximum absolute atomic E-state index is 12.4. The third-order valence-corrected chi connectivity index (χ3v) is 7.26. The van der Waals surface area contributed by atoms with Crippen molar-refractivity contribution >= 4 is 50.8 Å². The number of amides is 2. The lowest BCUT2D eigenvalue weighted by Gasteiger charge is -2.14. The lowest BCUT2D eigenvalue weighted by molar-refractivity contribution is -0.141. The average Bonchev–Trinajstić information content (AvgIpc) is 3.42. The number of hydrogen-bond acceptors (Lipinski definition) is 5. The van der Waals surface area contributed by atoms with Crippen molar-refractivity contribution in [3.05, 3.63) is 64.0 Å². The molecule has 0 bridgehead atoms. The molecule has 3 aromatic rings. The van der Waals surface area contributed by atoms with Crippen LogP contribution in [0, 0.1) is 5.92 Å². The Bertz CT molecular complexity index is 1180. The summed E-state index contributed by atoms with van der Waals surface area (Å²) in [6.07, 6.45) is 1.70. The number of ether oxygens (including phenoxy) is 1. The van der Waals surface area contributed by atoms with Crippen LogP contribution in [0.25, 0.3) is 10.1 Å². The zero-order chi connectivity index (χ0) is 23.4. The van der Waals surface area contributed by atoms with E-state index in [0.29, 0.717) is 40.5 Å². The van der Waals surface area contributed by atoms with E-state index < -0.39 is 5.97 Å². The van der Waals surface area contributed by atoms with Crippen molar-refractivity contribution in [2.75, 3.05) is 13.1 Å². The topological polar surface area (TPSA) is 105 Å². The molecule has 1 aliphatic carbocycles. The van der Waals surface area contributed by atoms with E-state index in [0.717, 1.165) is 10.1 Å². The van der Waals surface area contributed by atoms with Crippen LogP contribution >= 0.6 is 22.9 Å². The van der Waals surface area contributed by atoms with E-state index in [-0.39, 0.29) is 36.9 Å². The van der Waals surface area contributed by atoms with Gasteiger partial charge in [-0.05, 0) is 49.6 Å². The normalized spacial score (nSPS) is 17.6. The monoisotopic (exact) mass is 486 g/mol. The van der Waals surface area contributed by atoms with Gasteiger partial charge in [0.2, 0.25) is 0 Å². The van der Waals surface area contributed by atoms with Crippen molar-refractivity contribution < 1.29 is 24.2 Å². The van der Waals surface area contributed by atoms with Gasteiger partial charge in [-0.25, -0.2) is 0 Å². The number of carbonyl (C=O) groups is 3. The van der Waals surface area contributed by atoms with E-state index in [2.05, 4.69) is 10.6 Å². The molecule has 1 fully saturated rings. The SMILES string of the molecule is O=C(NCCNC(=O)c1sc2ccccc2c1Cl)c1ccc(O[C@@H]2CC[C@@H](C(=O)O)C2)cc1. The molecule has 4 rings (SSSR count). The quantitative estimate of drug-likeness (QED) is 0.411. The average molecular weight is 487 g/mol. The van der Waals surface area contributed by atoms with Crippen LogP contribution in [0.4, 0.5) is 0 Å². The summed E-state index contributed by atoms with van der Waals surface area (Å²) in [6.45, 7) is 0.534. The highest BCUT2D eigenvalue weighted by atomic mass is 35.5. The summed E-state index contributed by atoms with van der Waals surface area (Å²) < 4.78 is 6.78. The molecule has 1 heterocycles. The van der Waals surface area contributed by atoms with Crippen LogP contribution in [0.3, 0.4) is 0 Å². The molecule has 1 saturated carbocycles.